The predicted molar refractivity (Wildman–Crippen MR) is 113 cm³/mol. The summed E-state index contributed by atoms with van der Waals surface area (Å²) in [5.41, 5.74) is 1.64. The molecule has 2 heterocycles. The van der Waals surface area contributed by atoms with Crippen molar-refractivity contribution in [3.8, 4) is 0 Å². The Morgan fingerprint density at radius 1 is 1.10 bits per heavy atom. The minimum atomic E-state index is -0.798. The maximum atomic E-state index is 13.3. The van der Waals surface area contributed by atoms with E-state index >= 15 is 0 Å². The fourth-order valence-electron chi connectivity index (χ4n) is 3.52. The van der Waals surface area contributed by atoms with Crippen LogP contribution in [0.5, 0.6) is 0 Å². The lowest BCUT2D eigenvalue weighted by molar-refractivity contribution is -0.140. The Morgan fingerprint density at radius 2 is 1.87 bits per heavy atom. The van der Waals surface area contributed by atoms with E-state index in [9.17, 15) is 19.1 Å². The number of rotatable bonds is 4. The molecule has 4 rings (SSSR count). The van der Waals surface area contributed by atoms with Crippen molar-refractivity contribution in [3.05, 3.63) is 106 Å². The van der Waals surface area contributed by atoms with Crippen molar-refractivity contribution in [2.24, 2.45) is 0 Å². The molecule has 3 aromatic rings. The Kier molecular flexibility index (Phi) is 5.46. The SMILES string of the molecule is O=C1C(=O)N(Cc2cccnc2)[C@@H](c2cccc(Br)c2)C1=C(O)c1ccc(F)cc1. The number of pyridine rings is 1. The molecule has 1 fully saturated rings. The molecule has 1 amide bonds. The maximum absolute atomic E-state index is 13.3. The van der Waals surface area contributed by atoms with Crippen LogP contribution in [-0.2, 0) is 16.1 Å². The number of hydrogen-bond donors (Lipinski definition) is 1. The van der Waals surface area contributed by atoms with Crippen molar-refractivity contribution < 1.29 is 19.1 Å². The Balaban J connectivity index is 1.87. The number of halogens is 2. The maximum Gasteiger partial charge on any atom is 0.295 e. The average molecular weight is 467 g/mol. The van der Waals surface area contributed by atoms with Crippen molar-refractivity contribution in [1.82, 2.24) is 9.88 Å². The van der Waals surface area contributed by atoms with Gasteiger partial charge in [0.1, 0.15) is 11.6 Å². The number of Topliss-reactive ketones (excluding diaryl/α,β-unsaturated/α-hetero) is 1. The first-order chi connectivity index (χ1) is 14.5. The number of amides is 1. The molecule has 7 heteroatoms. The molecular formula is C23H16BrFN2O3. The van der Waals surface area contributed by atoms with Gasteiger partial charge in [0.25, 0.3) is 11.7 Å². The van der Waals surface area contributed by atoms with E-state index in [0.717, 1.165) is 10.0 Å². The molecule has 150 valence electrons. The second-order valence-corrected chi connectivity index (χ2v) is 7.77. The number of ketones is 1. The molecule has 2 aromatic carbocycles. The first kappa shape index (κ1) is 20.0. The number of hydrogen-bond acceptors (Lipinski definition) is 4. The van der Waals surface area contributed by atoms with Crippen molar-refractivity contribution >= 4 is 33.4 Å². The van der Waals surface area contributed by atoms with Gasteiger partial charge in [-0.15, -0.1) is 0 Å². The van der Waals surface area contributed by atoms with E-state index in [4.69, 9.17) is 0 Å². The lowest BCUT2D eigenvalue weighted by Crippen LogP contribution is -2.29. The molecule has 30 heavy (non-hydrogen) atoms. The van der Waals surface area contributed by atoms with Crippen LogP contribution >= 0.6 is 15.9 Å². The van der Waals surface area contributed by atoms with Crippen LogP contribution in [0.15, 0.2) is 83.1 Å². The van der Waals surface area contributed by atoms with E-state index in [1.165, 1.54) is 29.2 Å². The summed E-state index contributed by atoms with van der Waals surface area (Å²) in [6.45, 7) is 0.149. The van der Waals surface area contributed by atoms with Crippen LogP contribution in [0.25, 0.3) is 5.76 Å². The highest BCUT2D eigenvalue weighted by Crippen LogP contribution is 2.40. The summed E-state index contributed by atoms with van der Waals surface area (Å²) in [6.07, 6.45) is 3.25. The minimum Gasteiger partial charge on any atom is -0.507 e. The molecule has 0 saturated carbocycles. The van der Waals surface area contributed by atoms with Gasteiger partial charge in [-0.2, -0.15) is 0 Å². The number of benzene rings is 2. The van der Waals surface area contributed by atoms with E-state index < -0.39 is 23.5 Å². The van der Waals surface area contributed by atoms with Gasteiger partial charge in [-0.25, -0.2) is 4.39 Å². The summed E-state index contributed by atoms with van der Waals surface area (Å²) in [4.78, 5) is 31.3. The van der Waals surface area contributed by atoms with Crippen LogP contribution in [0, 0.1) is 5.82 Å². The van der Waals surface area contributed by atoms with E-state index in [0.29, 0.717) is 5.56 Å². The van der Waals surface area contributed by atoms with Crippen molar-refractivity contribution in [1.29, 1.82) is 0 Å². The molecule has 1 N–H and O–H groups in total. The third kappa shape index (κ3) is 3.76. The number of nitrogens with zero attached hydrogens (tertiary/aromatic N) is 2. The molecule has 1 saturated heterocycles. The Morgan fingerprint density at radius 3 is 2.53 bits per heavy atom. The third-order valence-electron chi connectivity index (χ3n) is 4.90. The zero-order valence-electron chi connectivity index (χ0n) is 15.6. The lowest BCUT2D eigenvalue weighted by Gasteiger charge is -2.25. The van der Waals surface area contributed by atoms with Gasteiger partial charge in [-0.05, 0) is 53.6 Å². The van der Waals surface area contributed by atoms with Crippen LogP contribution in [0.2, 0.25) is 0 Å². The fraction of sp³-hybridized carbons (Fsp3) is 0.0870. The van der Waals surface area contributed by atoms with Gasteiger partial charge in [0.05, 0.1) is 11.6 Å². The van der Waals surface area contributed by atoms with E-state index in [-0.39, 0.29) is 23.4 Å². The summed E-state index contributed by atoms with van der Waals surface area (Å²) in [5.74, 6) is -2.31. The van der Waals surface area contributed by atoms with Gasteiger partial charge in [0.2, 0.25) is 0 Å². The monoisotopic (exact) mass is 466 g/mol. The van der Waals surface area contributed by atoms with E-state index in [1.54, 1.807) is 36.7 Å². The molecule has 1 aromatic heterocycles. The highest BCUT2D eigenvalue weighted by atomic mass is 79.9. The molecule has 1 atom stereocenters. The number of carbonyl (C=O) groups excluding carboxylic acids is 2. The van der Waals surface area contributed by atoms with Gasteiger partial charge < -0.3 is 10.0 Å². The van der Waals surface area contributed by atoms with Gasteiger partial charge in [-0.1, -0.05) is 34.1 Å². The number of aromatic nitrogens is 1. The Hall–Kier alpha value is -3.32. The molecule has 1 aliphatic heterocycles. The van der Waals surface area contributed by atoms with Crippen LogP contribution < -0.4 is 0 Å². The summed E-state index contributed by atoms with van der Waals surface area (Å²) in [6, 6.07) is 15.1. The summed E-state index contributed by atoms with van der Waals surface area (Å²) in [7, 11) is 0. The van der Waals surface area contributed by atoms with Crippen LogP contribution in [0.1, 0.15) is 22.7 Å². The Bertz CT molecular complexity index is 1150. The zero-order chi connectivity index (χ0) is 21.3. The van der Waals surface area contributed by atoms with Crippen molar-refractivity contribution in [2.45, 2.75) is 12.6 Å². The fourth-order valence-corrected chi connectivity index (χ4v) is 3.93. The number of carbonyl (C=O) groups is 2. The van der Waals surface area contributed by atoms with Gasteiger partial charge in [-0.3, -0.25) is 14.6 Å². The first-order valence-electron chi connectivity index (χ1n) is 9.14. The second kappa shape index (κ2) is 8.20. The molecule has 0 unspecified atom stereocenters. The molecule has 1 aliphatic rings. The second-order valence-electron chi connectivity index (χ2n) is 6.85. The van der Waals surface area contributed by atoms with Gasteiger partial charge >= 0.3 is 0 Å². The number of likely N-dealkylation sites (tertiary alicyclic amines) is 1. The zero-order valence-corrected chi connectivity index (χ0v) is 17.2. The molecule has 0 radical (unpaired) electrons. The van der Waals surface area contributed by atoms with Crippen LogP contribution in [0.4, 0.5) is 4.39 Å². The third-order valence-corrected chi connectivity index (χ3v) is 5.39. The van der Waals surface area contributed by atoms with E-state index in [2.05, 4.69) is 20.9 Å². The quantitative estimate of drug-likeness (QED) is 0.346. The molecule has 5 nitrogen and oxygen atoms in total. The largest absolute Gasteiger partial charge is 0.507 e. The molecule has 0 aliphatic carbocycles. The lowest BCUT2D eigenvalue weighted by atomic mass is 9.95. The molecular weight excluding hydrogens is 451 g/mol. The molecule has 0 spiro atoms. The Labute approximate surface area is 180 Å². The summed E-state index contributed by atoms with van der Waals surface area (Å²) >= 11 is 3.42. The smallest absolute Gasteiger partial charge is 0.295 e. The highest BCUT2D eigenvalue weighted by molar-refractivity contribution is 9.10. The standard InChI is InChI=1S/C23H16BrFN2O3/c24-17-5-1-4-16(11-17)20-19(21(28)15-6-8-18(25)9-7-15)22(29)23(30)27(20)13-14-3-2-10-26-12-14/h1-12,20,28H,13H2/t20-/m0/s1. The summed E-state index contributed by atoms with van der Waals surface area (Å²) < 4.78 is 14.1. The van der Waals surface area contributed by atoms with Crippen molar-refractivity contribution in [2.75, 3.05) is 0 Å². The van der Waals surface area contributed by atoms with Crippen LogP contribution in [0.3, 0.4) is 0 Å². The van der Waals surface area contributed by atoms with E-state index in [1.807, 2.05) is 12.1 Å². The number of aliphatic hydroxyl groups is 1. The highest BCUT2D eigenvalue weighted by Gasteiger charge is 2.46. The predicted octanol–water partition coefficient (Wildman–Crippen LogP) is 4.61. The average Bonchev–Trinajstić information content (AvgIpc) is 2.99. The summed E-state index contributed by atoms with van der Waals surface area (Å²) in [5, 5.41) is 10.9. The van der Waals surface area contributed by atoms with Gasteiger partial charge in [0.15, 0.2) is 0 Å². The first-order valence-corrected chi connectivity index (χ1v) is 9.93. The van der Waals surface area contributed by atoms with Crippen LogP contribution in [-0.4, -0.2) is 26.7 Å². The molecule has 0 bridgehead atoms. The van der Waals surface area contributed by atoms with Gasteiger partial charge in [0, 0.05) is 29.0 Å². The van der Waals surface area contributed by atoms with Crippen molar-refractivity contribution in [3.63, 3.8) is 0 Å². The normalized spacial score (nSPS) is 18.1. The number of aliphatic hydroxyl groups excluding tert-OH is 1. The minimum absolute atomic E-state index is 0.0337. The topological polar surface area (TPSA) is 70.5 Å².